The Balaban J connectivity index is 2.22. The molecule has 0 bridgehead atoms. The quantitative estimate of drug-likeness (QED) is 0.528. The van der Waals surface area contributed by atoms with Gasteiger partial charge < -0.3 is 19.8 Å². The Bertz CT molecular complexity index is 829. The zero-order chi connectivity index (χ0) is 20.4. The summed E-state index contributed by atoms with van der Waals surface area (Å²) in [5, 5.41) is 3.57. The van der Waals surface area contributed by atoms with Crippen LogP contribution in [-0.2, 0) is 0 Å². The second-order valence-electron chi connectivity index (χ2n) is 6.95. The Hall–Kier alpha value is -2.50. The fourth-order valence-corrected chi connectivity index (χ4v) is 3.08. The highest BCUT2D eigenvalue weighted by Gasteiger charge is 2.16. The monoisotopic (exact) mass is 388 g/mol. The van der Waals surface area contributed by atoms with Gasteiger partial charge in [-0.3, -0.25) is 9.59 Å². The minimum Gasteiger partial charge on any atom is -0.493 e. The average molecular weight is 389 g/mol. The first-order chi connectivity index (χ1) is 13.6. The second kappa shape index (κ2) is 11.4. The lowest BCUT2D eigenvalue weighted by atomic mass is 10.1. The third kappa shape index (κ3) is 5.75. The fourth-order valence-electron chi connectivity index (χ4n) is 3.08. The first-order valence-electron chi connectivity index (χ1n) is 10.3. The molecule has 1 aromatic carbocycles. The number of methoxy groups -OCH3 is 1. The Labute approximate surface area is 166 Å². The number of hydrogen-bond donors (Lipinski definition) is 2. The van der Waals surface area contributed by atoms with Crippen molar-refractivity contribution in [1.29, 1.82) is 0 Å². The largest absolute Gasteiger partial charge is 0.493 e. The third-order valence-corrected chi connectivity index (χ3v) is 4.71. The van der Waals surface area contributed by atoms with E-state index in [1.54, 1.807) is 19.2 Å². The van der Waals surface area contributed by atoms with Crippen molar-refractivity contribution in [3.63, 3.8) is 0 Å². The highest BCUT2D eigenvalue weighted by molar-refractivity contribution is 5.98. The molecule has 0 aliphatic carbocycles. The van der Waals surface area contributed by atoms with Crippen LogP contribution in [0.1, 0.15) is 69.2 Å². The van der Waals surface area contributed by atoms with Crippen molar-refractivity contribution >= 4 is 16.8 Å². The number of aromatic amines is 1. The molecule has 6 nitrogen and oxygen atoms in total. The van der Waals surface area contributed by atoms with Crippen molar-refractivity contribution in [2.75, 3.05) is 20.3 Å². The number of carbonyl (C=O) groups excluding carboxylic acids is 1. The molecule has 1 amide bonds. The van der Waals surface area contributed by atoms with Crippen molar-refractivity contribution in [1.82, 2.24) is 10.3 Å². The first-order valence-corrected chi connectivity index (χ1v) is 10.3. The van der Waals surface area contributed by atoms with Crippen LogP contribution in [0.4, 0.5) is 0 Å². The molecular weight excluding hydrogens is 356 g/mol. The van der Waals surface area contributed by atoms with Gasteiger partial charge in [-0.2, -0.15) is 0 Å². The van der Waals surface area contributed by atoms with E-state index in [1.165, 1.54) is 0 Å². The maximum Gasteiger partial charge on any atom is 0.261 e. The number of unbranched alkanes of at least 4 members (excludes halogenated alkanes) is 5. The Morgan fingerprint density at radius 2 is 1.82 bits per heavy atom. The van der Waals surface area contributed by atoms with E-state index in [4.69, 9.17) is 9.47 Å². The van der Waals surface area contributed by atoms with Crippen LogP contribution in [0.2, 0.25) is 0 Å². The van der Waals surface area contributed by atoms with Crippen LogP contribution in [0.3, 0.4) is 0 Å². The van der Waals surface area contributed by atoms with E-state index in [9.17, 15) is 9.59 Å². The molecule has 0 radical (unpaired) electrons. The van der Waals surface area contributed by atoms with E-state index < -0.39 is 5.56 Å². The van der Waals surface area contributed by atoms with Gasteiger partial charge in [-0.25, -0.2) is 0 Å². The molecule has 0 atom stereocenters. The summed E-state index contributed by atoms with van der Waals surface area (Å²) in [5.74, 6) is 0.730. The van der Waals surface area contributed by atoms with Gasteiger partial charge in [0, 0.05) is 11.9 Å². The smallest absolute Gasteiger partial charge is 0.261 e. The van der Waals surface area contributed by atoms with Crippen molar-refractivity contribution in [2.45, 2.75) is 58.8 Å². The van der Waals surface area contributed by atoms with Gasteiger partial charge in [0.1, 0.15) is 5.56 Å². The summed E-state index contributed by atoms with van der Waals surface area (Å²) in [7, 11) is 1.57. The molecule has 0 saturated heterocycles. The minimum absolute atomic E-state index is 0.116. The van der Waals surface area contributed by atoms with E-state index in [0.29, 0.717) is 30.2 Å². The van der Waals surface area contributed by atoms with Crippen molar-refractivity contribution in [3.05, 3.63) is 34.1 Å². The highest BCUT2D eigenvalue weighted by Crippen LogP contribution is 2.34. The molecular formula is C22H32N2O4. The molecule has 2 aromatic rings. The number of rotatable bonds is 12. The number of pyridine rings is 1. The van der Waals surface area contributed by atoms with Gasteiger partial charge in [-0.05, 0) is 31.0 Å². The number of benzene rings is 1. The van der Waals surface area contributed by atoms with Crippen LogP contribution in [0.25, 0.3) is 10.9 Å². The lowest BCUT2D eigenvalue weighted by Gasteiger charge is -2.14. The molecule has 0 fully saturated rings. The van der Waals surface area contributed by atoms with Crippen molar-refractivity contribution in [2.24, 2.45) is 0 Å². The molecule has 0 saturated carbocycles. The predicted molar refractivity (Wildman–Crippen MR) is 113 cm³/mol. The highest BCUT2D eigenvalue weighted by atomic mass is 16.5. The number of aromatic nitrogens is 1. The Morgan fingerprint density at radius 3 is 2.54 bits per heavy atom. The van der Waals surface area contributed by atoms with Crippen LogP contribution in [0, 0.1) is 0 Å². The molecule has 0 unspecified atom stereocenters. The molecule has 0 spiro atoms. The Kier molecular flexibility index (Phi) is 8.85. The summed E-state index contributed by atoms with van der Waals surface area (Å²) < 4.78 is 11.3. The van der Waals surface area contributed by atoms with Crippen LogP contribution in [0.5, 0.6) is 11.5 Å². The molecule has 2 rings (SSSR count). The van der Waals surface area contributed by atoms with E-state index in [1.807, 2.05) is 6.07 Å². The summed E-state index contributed by atoms with van der Waals surface area (Å²) in [5.41, 5.74) is 0.246. The van der Waals surface area contributed by atoms with Crippen LogP contribution in [0.15, 0.2) is 23.0 Å². The number of carbonyl (C=O) groups is 1. The molecule has 0 aliphatic heterocycles. The summed E-state index contributed by atoms with van der Waals surface area (Å²) in [6.45, 7) is 5.40. The summed E-state index contributed by atoms with van der Waals surface area (Å²) in [6, 6.07) is 5.23. The lowest BCUT2D eigenvalue weighted by molar-refractivity contribution is 0.0951. The maximum atomic E-state index is 12.5. The number of hydrogen-bond acceptors (Lipinski definition) is 4. The zero-order valence-corrected chi connectivity index (χ0v) is 17.2. The van der Waals surface area contributed by atoms with Crippen LogP contribution in [-0.4, -0.2) is 31.2 Å². The molecule has 28 heavy (non-hydrogen) atoms. The minimum atomic E-state index is -0.426. The number of amides is 1. The van der Waals surface area contributed by atoms with Crippen LogP contribution < -0.4 is 20.3 Å². The second-order valence-corrected chi connectivity index (χ2v) is 6.95. The predicted octanol–water partition coefficient (Wildman–Crippen LogP) is 4.42. The van der Waals surface area contributed by atoms with Gasteiger partial charge in [-0.15, -0.1) is 0 Å². The van der Waals surface area contributed by atoms with Crippen molar-refractivity contribution < 1.29 is 14.3 Å². The topological polar surface area (TPSA) is 80.4 Å². The third-order valence-electron chi connectivity index (χ3n) is 4.71. The average Bonchev–Trinajstić information content (AvgIpc) is 2.70. The standard InChI is InChI=1S/C22H32N2O4/c1-4-6-8-9-13-23-21(25)17-15-16-11-12-18(27-3)20(19(16)24-22(17)26)28-14-10-7-5-2/h11-12,15H,4-10,13-14H2,1-3H3,(H,23,25)(H,24,26). The van der Waals surface area contributed by atoms with Gasteiger partial charge in [0.2, 0.25) is 0 Å². The summed E-state index contributed by atoms with van der Waals surface area (Å²) >= 11 is 0. The number of H-pyrrole nitrogens is 1. The maximum absolute atomic E-state index is 12.5. The number of nitrogens with one attached hydrogen (secondary N) is 2. The van der Waals surface area contributed by atoms with Crippen molar-refractivity contribution in [3.8, 4) is 11.5 Å². The normalized spacial score (nSPS) is 10.8. The van der Waals surface area contributed by atoms with E-state index in [2.05, 4.69) is 24.1 Å². The molecule has 0 aliphatic rings. The Morgan fingerprint density at radius 1 is 1.07 bits per heavy atom. The summed E-state index contributed by atoms with van der Waals surface area (Å²) in [4.78, 5) is 27.7. The van der Waals surface area contributed by atoms with Gasteiger partial charge in [0.25, 0.3) is 11.5 Å². The SMILES string of the molecule is CCCCCCNC(=O)c1cc2ccc(OC)c(OCCCCC)c2[nH]c1=O. The van der Waals surface area contributed by atoms with Gasteiger partial charge in [-0.1, -0.05) is 46.0 Å². The van der Waals surface area contributed by atoms with Gasteiger partial charge in [0.05, 0.1) is 19.2 Å². The van der Waals surface area contributed by atoms with Crippen LogP contribution >= 0.6 is 0 Å². The van der Waals surface area contributed by atoms with E-state index in [-0.39, 0.29) is 11.5 Å². The molecule has 6 heteroatoms. The summed E-state index contributed by atoms with van der Waals surface area (Å²) in [6.07, 6.45) is 7.38. The molecule has 154 valence electrons. The fraction of sp³-hybridized carbons (Fsp3) is 0.545. The lowest BCUT2D eigenvalue weighted by Crippen LogP contribution is -2.30. The van der Waals surface area contributed by atoms with E-state index >= 15 is 0 Å². The van der Waals surface area contributed by atoms with Gasteiger partial charge >= 0.3 is 0 Å². The first kappa shape index (κ1) is 21.8. The molecule has 1 heterocycles. The molecule has 1 aromatic heterocycles. The van der Waals surface area contributed by atoms with Gasteiger partial charge in [0.15, 0.2) is 11.5 Å². The number of fused-ring (bicyclic) bond motifs is 1. The molecule has 2 N–H and O–H groups in total. The zero-order valence-electron chi connectivity index (χ0n) is 17.2. The van der Waals surface area contributed by atoms with E-state index in [0.717, 1.165) is 50.3 Å². The number of ether oxygens (including phenoxy) is 2.